The third kappa shape index (κ3) is 11.1. The minimum atomic E-state index is -4.08. The number of nitrogens with zero attached hydrogens (tertiary/aromatic N) is 1. The summed E-state index contributed by atoms with van der Waals surface area (Å²) in [5.74, 6) is 0.440. The van der Waals surface area contributed by atoms with Crippen LogP contribution in [0.3, 0.4) is 0 Å². The van der Waals surface area contributed by atoms with Crippen molar-refractivity contribution < 1.29 is 42.5 Å². The summed E-state index contributed by atoms with van der Waals surface area (Å²) in [6.45, 7) is 3.65. The minimum absolute atomic E-state index is 0. The summed E-state index contributed by atoms with van der Waals surface area (Å²) in [7, 11) is -3.55. The van der Waals surface area contributed by atoms with Gasteiger partial charge >= 0.3 is 29.6 Å². The topological polar surface area (TPSA) is 60.4 Å². The van der Waals surface area contributed by atoms with Crippen LogP contribution in [0.4, 0.5) is 0 Å². The van der Waals surface area contributed by atoms with E-state index in [1.807, 2.05) is 0 Å². The maximum absolute atomic E-state index is 10.3. The zero-order valence-corrected chi connectivity index (χ0v) is 14.9. The first-order valence-corrected chi connectivity index (χ1v) is 9.31. The van der Waals surface area contributed by atoms with Gasteiger partial charge in [-0.25, -0.2) is 8.42 Å². The molecule has 1 aliphatic heterocycles. The van der Waals surface area contributed by atoms with Crippen molar-refractivity contribution in [3.05, 3.63) is 0 Å². The first kappa shape index (κ1) is 19.2. The number of hydrogen-bond acceptors (Lipinski definition) is 5. The Labute approximate surface area is 137 Å². The Kier molecular flexibility index (Phi) is 11.7. The molecule has 0 spiro atoms. The van der Waals surface area contributed by atoms with Gasteiger partial charge in [0, 0.05) is 5.75 Å². The van der Waals surface area contributed by atoms with E-state index in [9.17, 15) is 13.0 Å². The van der Waals surface area contributed by atoms with Crippen LogP contribution in [0.15, 0.2) is 0 Å². The van der Waals surface area contributed by atoms with Gasteiger partial charge in [-0.05, 0) is 56.1 Å². The van der Waals surface area contributed by atoms with Gasteiger partial charge in [0.05, 0.1) is 0 Å². The van der Waals surface area contributed by atoms with Gasteiger partial charge in [-0.1, -0.05) is 19.3 Å². The van der Waals surface area contributed by atoms with Crippen molar-refractivity contribution in [1.29, 1.82) is 0 Å². The van der Waals surface area contributed by atoms with Crippen LogP contribution in [0.25, 0.3) is 0 Å². The second-order valence-electron chi connectivity index (χ2n) is 4.55. The Morgan fingerprint density at radius 2 is 1.61 bits per heavy atom. The number of rotatable bonds is 8. The summed E-state index contributed by atoms with van der Waals surface area (Å²) in [5.41, 5.74) is 0. The zero-order valence-electron chi connectivity index (χ0n) is 11.3. The Morgan fingerprint density at radius 3 is 2.22 bits per heavy atom. The molecule has 0 unspecified atom stereocenters. The number of unbranched alkanes of at least 4 members (excludes halogenated alkanes) is 3. The van der Waals surface area contributed by atoms with Crippen molar-refractivity contribution in [3.8, 4) is 0 Å². The van der Waals surface area contributed by atoms with E-state index in [1.54, 1.807) is 0 Å². The molecule has 7 heteroatoms. The first-order valence-electron chi connectivity index (χ1n) is 6.40. The monoisotopic (exact) mass is 303 g/mol. The smallest absolute Gasteiger partial charge is 0.739 e. The van der Waals surface area contributed by atoms with Gasteiger partial charge < -0.3 is 9.45 Å². The van der Waals surface area contributed by atoms with Gasteiger partial charge in [0.25, 0.3) is 0 Å². The quantitative estimate of drug-likeness (QED) is 0.255. The second kappa shape index (κ2) is 10.9. The molecule has 0 bridgehead atoms. The molecular formula is C11H22NNaO3S2. The third-order valence-electron chi connectivity index (χ3n) is 3.05. The molecule has 1 rings (SSSR count). The van der Waals surface area contributed by atoms with Crippen LogP contribution < -0.4 is 29.6 Å². The largest absolute Gasteiger partial charge is 1.00 e. The fraction of sp³-hybridized carbons (Fsp3) is 1.00. The van der Waals surface area contributed by atoms with Gasteiger partial charge in [0.1, 0.15) is 9.15 Å². The Bertz CT molecular complexity index is 293. The van der Waals surface area contributed by atoms with Gasteiger partial charge in [-0.3, -0.25) is 0 Å². The van der Waals surface area contributed by atoms with Crippen molar-refractivity contribution in [2.24, 2.45) is 0 Å². The molecule has 1 aliphatic rings. The van der Waals surface area contributed by atoms with Gasteiger partial charge in [0.2, 0.25) is 0 Å². The molecule has 0 N–H and O–H groups in total. The molecule has 0 amide bonds. The normalized spacial score (nSPS) is 17.4. The molecule has 1 saturated heterocycles. The molecule has 1 fully saturated rings. The van der Waals surface area contributed by atoms with E-state index in [0.29, 0.717) is 16.5 Å². The Hall–Kier alpha value is 1.22. The average Bonchev–Trinajstić information content (AvgIpc) is 2.28. The van der Waals surface area contributed by atoms with Crippen LogP contribution in [0.1, 0.15) is 44.9 Å². The summed E-state index contributed by atoms with van der Waals surface area (Å²) >= 11 is 0. The van der Waals surface area contributed by atoms with Crippen LogP contribution in [0.5, 0.6) is 0 Å². The van der Waals surface area contributed by atoms with Crippen molar-refractivity contribution in [3.63, 3.8) is 0 Å². The molecule has 0 aliphatic carbocycles. The summed E-state index contributed by atoms with van der Waals surface area (Å²) in [5, 5.41) is 0. The molecule has 102 valence electrons. The maximum atomic E-state index is 10.3. The van der Waals surface area contributed by atoms with Crippen LogP contribution in [0, 0.1) is 0 Å². The standard InChI is InChI=1S/C11H23NO3S2.Na/c13-17(14,15)16-11-7-2-1-4-8-12-9-5-3-6-10-12;/h1-11H2,(H,13,14,15);/q;+1/p-1. The van der Waals surface area contributed by atoms with Gasteiger partial charge in [0.15, 0.2) is 0 Å². The summed E-state index contributed by atoms with van der Waals surface area (Å²) in [6, 6.07) is 0. The minimum Gasteiger partial charge on any atom is -0.739 e. The summed E-state index contributed by atoms with van der Waals surface area (Å²) in [6.07, 6.45) is 8.21. The molecule has 18 heavy (non-hydrogen) atoms. The van der Waals surface area contributed by atoms with Crippen molar-refractivity contribution in [2.75, 3.05) is 25.4 Å². The van der Waals surface area contributed by atoms with Crippen molar-refractivity contribution in [1.82, 2.24) is 4.90 Å². The molecule has 0 aromatic rings. The van der Waals surface area contributed by atoms with Crippen LogP contribution >= 0.6 is 10.8 Å². The molecule has 0 saturated carbocycles. The van der Waals surface area contributed by atoms with Crippen molar-refractivity contribution >= 4 is 19.9 Å². The van der Waals surface area contributed by atoms with E-state index in [0.717, 1.165) is 19.3 Å². The van der Waals surface area contributed by atoms with E-state index < -0.39 is 9.15 Å². The summed E-state index contributed by atoms with van der Waals surface area (Å²) < 4.78 is 31.0. The first-order chi connectivity index (χ1) is 8.08. The fourth-order valence-corrected chi connectivity index (χ4v) is 3.63. The van der Waals surface area contributed by atoms with E-state index in [2.05, 4.69) is 4.90 Å². The Balaban J connectivity index is 0.00000289. The molecule has 4 nitrogen and oxygen atoms in total. The third-order valence-corrected chi connectivity index (χ3v) is 5.16. The molecule has 0 aromatic carbocycles. The Morgan fingerprint density at radius 1 is 1.00 bits per heavy atom. The maximum Gasteiger partial charge on any atom is 1.00 e. The van der Waals surface area contributed by atoms with Gasteiger partial charge in [-0.15, -0.1) is 0 Å². The van der Waals surface area contributed by atoms with Crippen LogP contribution in [-0.2, 0) is 9.15 Å². The fourth-order valence-electron chi connectivity index (χ4n) is 2.14. The predicted molar refractivity (Wildman–Crippen MR) is 70.9 cm³/mol. The van der Waals surface area contributed by atoms with Gasteiger partial charge in [-0.2, -0.15) is 0 Å². The summed E-state index contributed by atoms with van der Waals surface area (Å²) in [4.78, 5) is 2.51. The molecule has 0 aromatic heterocycles. The predicted octanol–water partition coefficient (Wildman–Crippen LogP) is -0.770. The number of piperidine rings is 1. The molecule has 0 atom stereocenters. The van der Waals surface area contributed by atoms with E-state index in [4.69, 9.17) is 0 Å². The molecule has 1 heterocycles. The van der Waals surface area contributed by atoms with E-state index in [1.165, 1.54) is 45.3 Å². The SMILES string of the molecule is O=S(=O)([O-])SCCCCCCN1CCCCC1.[Na+]. The molecular weight excluding hydrogens is 281 g/mol. The second-order valence-corrected chi connectivity index (χ2v) is 7.94. The molecule has 0 radical (unpaired) electrons. The van der Waals surface area contributed by atoms with Crippen molar-refractivity contribution in [2.45, 2.75) is 44.9 Å². The van der Waals surface area contributed by atoms with E-state index in [-0.39, 0.29) is 29.6 Å². The van der Waals surface area contributed by atoms with E-state index >= 15 is 0 Å². The zero-order chi connectivity index (χ0) is 12.6. The average molecular weight is 303 g/mol. The number of likely N-dealkylation sites (tertiary alicyclic amines) is 1. The van der Waals surface area contributed by atoms with Crippen LogP contribution in [-0.4, -0.2) is 43.3 Å². The van der Waals surface area contributed by atoms with Crippen LogP contribution in [0.2, 0.25) is 0 Å². The number of hydrogen-bond donors (Lipinski definition) is 0.